The number of fused-ring (bicyclic) bond motifs is 2. The van der Waals surface area contributed by atoms with Crippen LogP contribution >= 0.6 is 0 Å². The highest BCUT2D eigenvalue weighted by molar-refractivity contribution is 6.01. The molecule has 0 aliphatic carbocycles. The summed E-state index contributed by atoms with van der Waals surface area (Å²) in [6.45, 7) is 5.19. The summed E-state index contributed by atoms with van der Waals surface area (Å²) in [6.07, 6.45) is 0.123. The Morgan fingerprint density at radius 2 is 1.64 bits per heavy atom. The quantitative estimate of drug-likeness (QED) is 0.261. The molecule has 202 valence electrons. The van der Waals surface area contributed by atoms with Crippen LogP contribution in [0.5, 0.6) is 23.0 Å². The van der Waals surface area contributed by atoms with Gasteiger partial charge in [-0.05, 0) is 37.1 Å². The maximum atomic E-state index is 13.5. The van der Waals surface area contributed by atoms with Gasteiger partial charge in [0.05, 0.1) is 19.6 Å². The molecule has 39 heavy (non-hydrogen) atoms. The van der Waals surface area contributed by atoms with E-state index in [9.17, 15) is 9.59 Å². The van der Waals surface area contributed by atoms with E-state index in [0.717, 1.165) is 11.1 Å². The Hall–Kier alpha value is -4.46. The summed E-state index contributed by atoms with van der Waals surface area (Å²) in [5.74, 6) is 1.61. The molecule has 4 aromatic rings. The fraction of sp³-hybridized carbons (Fsp3) is 0.290. The van der Waals surface area contributed by atoms with Crippen LogP contribution < -0.4 is 24.6 Å². The Kier molecular flexibility index (Phi) is 7.45. The molecule has 1 aromatic heterocycles. The minimum absolute atomic E-state index is 0.0322. The first-order chi connectivity index (χ1) is 19.0. The first-order valence-corrected chi connectivity index (χ1v) is 12.9. The standard InChI is InChI=1S/C31H31NO7/c1-5-32(6-2)27(33)15-21(20-12-13-23-24(14-20)38-18-37-23)29-25(35-3)17-26(36-4)30-22(16-28(34)39-31(29)30)19-10-8-7-9-11-19/h7-14,16-17,21H,5-6,15,18H2,1-4H3/t21-/m1/s1. The van der Waals surface area contributed by atoms with Crippen LogP contribution in [0.3, 0.4) is 0 Å². The lowest BCUT2D eigenvalue weighted by Gasteiger charge is -2.26. The van der Waals surface area contributed by atoms with Gasteiger partial charge < -0.3 is 28.3 Å². The van der Waals surface area contributed by atoms with Gasteiger partial charge in [-0.15, -0.1) is 0 Å². The van der Waals surface area contributed by atoms with E-state index >= 15 is 0 Å². The van der Waals surface area contributed by atoms with Crippen LogP contribution in [0.2, 0.25) is 0 Å². The first kappa shape index (κ1) is 26.2. The van der Waals surface area contributed by atoms with Crippen molar-refractivity contribution in [1.82, 2.24) is 4.90 Å². The summed E-state index contributed by atoms with van der Waals surface area (Å²) in [7, 11) is 3.11. The van der Waals surface area contributed by atoms with Crippen LogP contribution in [0, 0.1) is 0 Å². The Balaban J connectivity index is 1.82. The number of methoxy groups -OCH3 is 2. The predicted molar refractivity (Wildman–Crippen MR) is 148 cm³/mol. The van der Waals surface area contributed by atoms with E-state index in [1.165, 1.54) is 6.07 Å². The van der Waals surface area contributed by atoms with E-state index in [0.29, 0.717) is 58.2 Å². The van der Waals surface area contributed by atoms with Gasteiger partial charge in [0.1, 0.15) is 17.1 Å². The number of hydrogen-bond acceptors (Lipinski definition) is 7. The van der Waals surface area contributed by atoms with E-state index in [4.69, 9.17) is 23.4 Å². The second-order valence-corrected chi connectivity index (χ2v) is 9.18. The number of ether oxygens (including phenoxy) is 4. The fourth-order valence-corrected chi connectivity index (χ4v) is 5.21. The number of carbonyl (C=O) groups is 1. The SMILES string of the molecule is CCN(CC)C(=O)C[C@H](c1ccc2c(c1)OCO2)c1c(OC)cc(OC)c2c(-c3ccccc3)cc(=O)oc12. The van der Waals surface area contributed by atoms with Crippen LogP contribution in [0.25, 0.3) is 22.1 Å². The van der Waals surface area contributed by atoms with Crippen molar-refractivity contribution in [3.8, 4) is 34.1 Å². The molecule has 0 unspecified atom stereocenters. The van der Waals surface area contributed by atoms with Crippen LogP contribution in [0.4, 0.5) is 0 Å². The van der Waals surface area contributed by atoms with Crippen LogP contribution in [0.1, 0.15) is 37.3 Å². The Bertz CT molecular complexity index is 1560. The number of rotatable bonds is 9. The third-order valence-corrected chi connectivity index (χ3v) is 7.15. The minimum atomic E-state index is -0.523. The summed E-state index contributed by atoms with van der Waals surface area (Å²) in [5, 5.41) is 0.625. The van der Waals surface area contributed by atoms with Gasteiger partial charge >= 0.3 is 5.63 Å². The molecular weight excluding hydrogens is 498 g/mol. The van der Waals surface area contributed by atoms with Gasteiger partial charge in [-0.2, -0.15) is 0 Å². The second-order valence-electron chi connectivity index (χ2n) is 9.18. The molecule has 0 fully saturated rings. The summed E-state index contributed by atoms with van der Waals surface area (Å²) >= 11 is 0. The number of hydrogen-bond donors (Lipinski definition) is 0. The van der Waals surface area contributed by atoms with Gasteiger partial charge in [-0.25, -0.2) is 4.79 Å². The number of benzene rings is 3. The van der Waals surface area contributed by atoms with Crippen molar-refractivity contribution in [3.05, 3.63) is 82.2 Å². The molecule has 3 aromatic carbocycles. The molecule has 0 bridgehead atoms. The zero-order valence-corrected chi connectivity index (χ0v) is 22.5. The largest absolute Gasteiger partial charge is 0.496 e. The highest BCUT2D eigenvalue weighted by Gasteiger charge is 2.31. The summed E-state index contributed by atoms with van der Waals surface area (Å²) in [5.41, 5.74) is 2.69. The van der Waals surface area contributed by atoms with E-state index in [2.05, 4.69) is 0 Å². The maximum absolute atomic E-state index is 13.5. The molecule has 5 rings (SSSR count). The molecule has 8 heteroatoms. The van der Waals surface area contributed by atoms with Crippen LogP contribution in [-0.2, 0) is 4.79 Å². The topological polar surface area (TPSA) is 87.4 Å². The lowest BCUT2D eigenvalue weighted by molar-refractivity contribution is -0.131. The zero-order valence-electron chi connectivity index (χ0n) is 22.5. The van der Waals surface area contributed by atoms with Crippen molar-refractivity contribution in [3.63, 3.8) is 0 Å². The molecule has 8 nitrogen and oxygen atoms in total. The highest BCUT2D eigenvalue weighted by atomic mass is 16.7. The Labute approximate surface area is 226 Å². The van der Waals surface area contributed by atoms with Crippen molar-refractivity contribution in [2.45, 2.75) is 26.2 Å². The molecule has 0 radical (unpaired) electrons. The number of carbonyl (C=O) groups excluding carboxylic acids is 1. The van der Waals surface area contributed by atoms with Crippen molar-refractivity contribution in [2.75, 3.05) is 34.1 Å². The zero-order chi connectivity index (χ0) is 27.5. The molecule has 1 amide bonds. The molecule has 0 spiro atoms. The van der Waals surface area contributed by atoms with Gasteiger partial charge in [-0.1, -0.05) is 36.4 Å². The predicted octanol–water partition coefficient (Wildman–Crippen LogP) is 5.60. The average Bonchev–Trinajstić information content (AvgIpc) is 3.44. The highest BCUT2D eigenvalue weighted by Crippen LogP contribution is 2.47. The van der Waals surface area contributed by atoms with Gasteiger partial charge in [0, 0.05) is 48.7 Å². The summed E-state index contributed by atoms with van der Waals surface area (Å²) in [6, 6.07) is 18.4. The molecule has 2 heterocycles. The smallest absolute Gasteiger partial charge is 0.336 e. The van der Waals surface area contributed by atoms with Gasteiger partial charge in [0.25, 0.3) is 0 Å². The molecule has 0 saturated heterocycles. The van der Waals surface area contributed by atoms with Crippen molar-refractivity contribution in [2.24, 2.45) is 0 Å². The van der Waals surface area contributed by atoms with E-state index in [1.807, 2.05) is 62.4 Å². The average molecular weight is 530 g/mol. The molecule has 0 saturated carbocycles. The van der Waals surface area contributed by atoms with E-state index < -0.39 is 11.5 Å². The normalized spacial score (nSPS) is 12.8. The summed E-state index contributed by atoms with van der Waals surface area (Å²) in [4.78, 5) is 28.3. The van der Waals surface area contributed by atoms with E-state index in [1.54, 1.807) is 25.2 Å². The van der Waals surface area contributed by atoms with Gasteiger partial charge in [-0.3, -0.25) is 4.79 Å². The second kappa shape index (κ2) is 11.1. The lowest BCUT2D eigenvalue weighted by atomic mass is 9.85. The molecule has 1 atom stereocenters. The van der Waals surface area contributed by atoms with Crippen molar-refractivity contribution < 1.29 is 28.2 Å². The maximum Gasteiger partial charge on any atom is 0.336 e. The van der Waals surface area contributed by atoms with Crippen molar-refractivity contribution in [1.29, 1.82) is 0 Å². The first-order valence-electron chi connectivity index (χ1n) is 12.9. The number of nitrogens with zero attached hydrogens (tertiary/aromatic N) is 1. The summed E-state index contributed by atoms with van der Waals surface area (Å²) < 4.78 is 28.7. The van der Waals surface area contributed by atoms with E-state index in [-0.39, 0.29) is 19.1 Å². The lowest BCUT2D eigenvalue weighted by Crippen LogP contribution is -2.31. The van der Waals surface area contributed by atoms with Crippen LogP contribution in [0.15, 0.2) is 69.9 Å². The third kappa shape index (κ3) is 4.90. The molecule has 1 aliphatic rings. The van der Waals surface area contributed by atoms with Crippen molar-refractivity contribution >= 4 is 16.9 Å². The number of amides is 1. The fourth-order valence-electron chi connectivity index (χ4n) is 5.21. The van der Waals surface area contributed by atoms with Crippen LogP contribution in [-0.4, -0.2) is 44.9 Å². The van der Waals surface area contributed by atoms with Gasteiger partial charge in [0.2, 0.25) is 12.7 Å². The Morgan fingerprint density at radius 3 is 2.33 bits per heavy atom. The minimum Gasteiger partial charge on any atom is -0.496 e. The monoisotopic (exact) mass is 529 g/mol. The molecule has 0 N–H and O–H groups in total. The van der Waals surface area contributed by atoms with Gasteiger partial charge in [0.15, 0.2) is 11.5 Å². The Morgan fingerprint density at radius 1 is 0.923 bits per heavy atom. The third-order valence-electron chi connectivity index (χ3n) is 7.15. The molecule has 1 aliphatic heterocycles. The molecular formula is C31H31NO7.